The molecule has 0 nitrogen and oxygen atoms in total. The van der Waals surface area contributed by atoms with Crippen molar-refractivity contribution in [2.45, 2.75) is 89.9 Å². The van der Waals surface area contributed by atoms with E-state index in [1.54, 1.807) is 164 Å². The molecule has 0 saturated carbocycles. The molecule has 0 aliphatic carbocycles. The quantitative estimate of drug-likeness (QED) is 0.0791. The van der Waals surface area contributed by atoms with Gasteiger partial charge in [0.15, 0.2) is 0 Å². The van der Waals surface area contributed by atoms with E-state index < -0.39 is 14.5 Å². The molecule has 0 bridgehead atoms. The Morgan fingerprint density at radius 3 is 0.595 bits per heavy atom. The molecule has 4 saturated heterocycles. The zero-order valence-corrected chi connectivity index (χ0v) is 33.5. The van der Waals surface area contributed by atoms with Crippen LogP contribution < -0.4 is 0 Å². The Morgan fingerprint density at radius 2 is 0.452 bits per heavy atom. The van der Waals surface area contributed by atoms with Gasteiger partial charge in [0.2, 0.25) is 0 Å². The fourth-order valence-electron chi connectivity index (χ4n) is 6.35. The van der Waals surface area contributed by atoms with Crippen LogP contribution in [0.4, 0.5) is 34.5 Å². The zero-order chi connectivity index (χ0) is 29.7. The average molecular weight is 1060 g/mol. The molecule has 0 radical (unpaired) electrons. The van der Waals surface area contributed by atoms with Crippen molar-refractivity contribution in [3.05, 3.63) is 0 Å². The zero-order valence-electron chi connectivity index (χ0n) is 25.2. The maximum absolute atomic E-state index is 9.75. The van der Waals surface area contributed by atoms with Crippen molar-refractivity contribution in [1.29, 1.82) is 0 Å². The minimum absolute atomic E-state index is 0. The second kappa shape index (κ2) is 28.8. The van der Waals surface area contributed by atoms with Gasteiger partial charge >= 0.3 is 59.3 Å². The van der Waals surface area contributed by atoms with Gasteiger partial charge in [-0.25, -0.2) is 0 Å². The van der Waals surface area contributed by atoms with Crippen molar-refractivity contribution >= 4 is 46.2 Å². The summed E-state index contributed by atoms with van der Waals surface area (Å²) in [5, 5.41) is 0. The van der Waals surface area contributed by atoms with Crippen LogP contribution in [0, 0.1) is 0 Å². The van der Waals surface area contributed by atoms with Crippen LogP contribution in [0.2, 0.25) is 0 Å². The number of hydrogen-bond acceptors (Lipinski definition) is 0. The molecular weight excluding hydrogens is 1000 g/mol. The molecule has 4 rings (SSSR count). The number of rotatable bonds is 12. The molecule has 0 unspecified atom stereocenters. The van der Waals surface area contributed by atoms with Crippen LogP contribution >= 0.6 is 31.7 Å². The fraction of sp³-hybridized carbons (Fsp3) is 1.00. The Kier molecular flexibility index (Phi) is 32.1. The molecular formula is C26H56Au2B2F8P4+4. The number of hydrogen-bond donors (Lipinski definition) is 0. The monoisotopic (exact) mass is 1060 g/mol. The van der Waals surface area contributed by atoms with E-state index in [9.17, 15) is 34.5 Å². The number of halogens is 8. The topological polar surface area (TPSA) is 0 Å². The molecule has 0 aromatic rings. The summed E-state index contributed by atoms with van der Waals surface area (Å²) in [5.74, 6) is 0. The standard InChI is InChI=1S/2C13H26P2.2Au.2BF4/c2*1(2-8-14-10-4-5-11-14)3-9-15-12-6-7-13-15;;;2*2-1(3,4)5/h2*1-13H2;;;;/q;;2*+1;2*-1/p+4. The van der Waals surface area contributed by atoms with E-state index in [0.29, 0.717) is 0 Å². The number of unbranched alkanes of at least 4 members (excludes halogenated alkanes) is 4. The maximum atomic E-state index is 9.75. The summed E-state index contributed by atoms with van der Waals surface area (Å²) in [5.41, 5.74) is 0. The molecule has 0 aromatic heterocycles. The van der Waals surface area contributed by atoms with E-state index in [1.807, 2.05) is 0 Å². The summed E-state index contributed by atoms with van der Waals surface area (Å²) in [4.78, 5) is 0. The molecule has 0 atom stereocenters. The van der Waals surface area contributed by atoms with E-state index >= 15 is 0 Å². The van der Waals surface area contributed by atoms with Crippen molar-refractivity contribution in [2.24, 2.45) is 0 Å². The Hall–Kier alpha value is 2.77. The molecule has 0 spiro atoms. The fourth-order valence-corrected chi connectivity index (χ4v) is 18.4. The van der Waals surface area contributed by atoms with Crippen LogP contribution in [0.5, 0.6) is 0 Å². The average Bonchev–Trinajstić information content (AvgIpc) is 3.67. The van der Waals surface area contributed by atoms with E-state index in [0.717, 1.165) is 0 Å². The van der Waals surface area contributed by atoms with E-state index in [-0.39, 0.29) is 76.4 Å². The second-order valence-corrected chi connectivity index (χ2v) is 23.9. The van der Waals surface area contributed by atoms with Crippen molar-refractivity contribution in [1.82, 2.24) is 0 Å². The largest absolute Gasteiger partial charge is 1.00 e. The van der Waals surface area contributed by atoms with E-state index in [4.69, 9.17) is 0 Å². The normalized spacial score (nSPS) is 20.0. The van der Waals surface area contributed by atoms with Gasteiger partial charge in [-0.1, -0.05) is 0 Å². The van der Waals surface area contributed by atoms with Gasteiger partial charge in [0.25, 0.3) is 0 Å². The predicted octanol–water partition coefficient (Wildman–Crippen LogP) is 10.9. The molecule has 0 N–H and O–H groups in total. The smallest absolute Gasteiger partial charge is 0.418 e. The first-order valence-electron chi connectivity index (χ1n) is 16.0. The third-order valence-corrected chi connectivity index (χ3v) is 21.1. The molecule has 0 aromatic carbocycles. The first-order valence-corrected chi connectivity index (χ1v) is 24.5. The maximum Gasteiger partial charge on any atom is 1.00 e. The first-order chi connectivity index (χ1) is 18.9. The van der Waals surface area contributed by atoms with Crippen molar-refractivity contribution in [3.63, 3.8) is 0 Å². The van der Waals surface area contributed by atoms with Crippen LogP contribution in [0.15, 0.2) is 0 Å². The van der Waals surface area contributed by atoms with Gasteiger partial charge in [-0.15, -0.1) is 0 Å². The van der Waals surface area contributed by atoms with Gasteiger partial charge in [0.1, 0.15) is 0 Å². The molecule has 42 heavy (non-hydrogen) atoms. The Bertz CT molecular complexity index is 492. The van der Waals surface area contributed by atoms with Gasteiger partial charge < -0.3 is 34.5 Å². The third kappa shape index (κ3) is 34.1. The van der Waals surface area contributed by atoms with Gasteiger partial charge in [-0.3, -0.25) is 0 Å². The first kappa shape index (κ1) is 46.9. The van der Waals surface area contributed by atoms with E-state index in [2.05, 4.69) is 0 Å². The van der Waals surface area contributed by atoms with Crippen LogP contribution in [0.1, 0.15) is 89.9 Å². The van der Waals surface area contributed by atoms with Crippen molar-refractivity contribution < 1.29 is 79.3 Å². The minimum atomic E-state index is -6.00. The van der Waals surface area contributed by atoms with Gasteiger partial charge in [-0.2, -0.15) is 0 Å². The summed E-state index contributed by atoms with van der Waals surface area (Å²) in [6, 6.07) is 0. The van der Waals surface area contributed by atoms with Crippen molar-refractivity contribution in [2.75, 3.05) is 73.9 Å². The Labute approximate surface area is 287 Å². The SMILES string of the molecule is C(CC[PH+]1CCCC1)CC[PH+]1CCCC1.C(CC[PH+]1CCCC1)CC[PH+]1CCCC1.F[B-](F)(F)F.F[B-](F)(F)F.[Au+].[Au+]. The minimum Gasteiger partial charge on any atom is -0.418 e. The summed E-state index contributed by atoms with van der Waals surface area (Å²) >= 11 is 0. The molecule has 4 aliphatic heterocycles. The predicted molar refractivity (Wildman–Crippen MR) is 177 cm³/mol. The summed E-state index contributed by atoms with van der Waals surface area (Å²) in [6.07, 6.45) is 41.9. The summed E-state index contributed by atoms with van der Waals surface area (Å²) < 4.78 is 78.0. The molecule has 4 heterocycles. The molecule has 4 aliphatic rings. The molecule has 16 heteroatoms. The Balaban J connectivity index is 0. The van der Waals surface area contributed by atoms with Gasteiger partial charge in [-0.05, 0) is 89.9 Å². The van der Waals surface area contributed by atoms with Crippen molar-refractivity contribution in [3.8, 4) is 0 Å². The molecule has 4 fully saturated rings. The van der Waals surface area contributed by atoms with Gasteiger partial charge in [0.05, 0.1) is 73.9 Å². The molecule has 260 valence electrons. The van der Waals surface area contributed by atoms with Crippen LogP contribution in [-0.2, 0) is 44.8 Å². The van der Waals surface area contributed by atoms with Crippen LogP contribution in [0.25, 0.3) is 0 Å². The summed E-state index contributed by atoms with van der Waals surface area (Å²) in [6.45, 7) is 0. The van der Waals surface area contributed by atoms with Crippen LogP contribution in [0.3, 0.4) is 0 Å². The Morgan fingerprint density at radius 1 is 0.310 bits per heavy atom. The molecule has 0 amide bonds. The van der Waals surface area contributed by atoms with Gasteiger partial charge in [0, 0.05) is 31.7 Å². The second-order valence-electron chi connectivity index (χ2n) is 11.9. The van der Waals surface area contributed by atoms with E-state index in [1.165, 1.54) is 0 Å². The van der Waals surface area contributed by atoms with Crippen LogP contribution in [-0.4, -0.2) is 88.5 Å². The third-order valence-electron chi connectivity index (χ3n) is 8.36. The summed E-state index contributed by atoms with van der Waals surface area (Å²) in [7, 11) is -11.2.